The van der Waals surface area contributed by atoms with Crippen molar-refractivity contribution in [1.82, 2.24) is 9.97 Å². The van der Waals surface area contributed by atoms with Crippen molar-refractivity contribution in [3.8, 4) is 11.4 Å². The van der Waals surface area contributed by atoms with Crippen molar-refractivity contribution < 1.29 is 5.21 Å². The maximum atomic E-state index is 8.32. The van der Waals surface area contributed by atoms with Gasteiger partial charge in [0.05, 0.1) is 18.1 Å². The van der Waals surface area contributed by atoms with Gasteiger partial charge in [0.15, 0.2) is 0 Å². The van der Waals surface area contributed by atoms with Crippen molar-refractivity contribution >= 4 is 18.6 Å². The van der Waals surface area contributed by atoms with Gasteiger partial charge in [0.1, 0.15) is 5.82 Å². The lowest BCUT2D eigenvalue weighted by atomic mass is 10.2. The van der Waals surface area contributed by atoms with E-state index >= 15 is 0 Å². The zero-order chi connectivity index (χ0) is 9.80. The van der Waals surface area contributed by atoms with E-state index in [0.717, 1.165) is 11.4 Å². The Morgan fingerprint density at radius 2 is 2.00 bits per heavy atom. The lowest BCUT2D eigenvalue weighted by Gasteiger charge is -1.93. The molecule has 0 saturated heterocycles. The van der Waals surface area contributed by atoms with Crippen molar-refractivity contribution in [1.29, 1.82) is 0 Å². The number of aromatic amines is 1. The fraction of sp³-hybridized carbons (Fsp3) is 0. The van der Waals surface area contributed by atoms with Crippen LogP contribution in [0.25, 0.3) is 11.4 Å². The number of halogens is 1. The van der Waals surface area contributed by atoms with Gasteiger partial charge in [-0.2, -0.15) is 0 Å². The molecule has 0 atom stereocenters. The second-order valence-electron chi connectivity index (χ2n) is 2.80. The maximum absolute atomic E-state index is 8.32. The monoisotopic (exact) mass is 223 g/mol. The van der Waals surface area contributed by atoms with Gasteiger partial charge >= 0.3 is 0 Å². The zero-order valence-electron chi connectivity index (χ0n) is 7.79. The molecule has 1 heterocycles. The van der Waals surface area contributed by atoms with E-state index in [0.29, 0.717) is 5.69 Å². The van der Waals surface area contributed by atoms with Crippen molar-refractivity contribution in [3.63, 3.8) is 0 Å². The SMILES string of the molecule is Cl.ON=Cc1cnc(-c2ccccc2)[nH]1. The largest absolute Gasteiger partial charge is 0.411 e. The van der Waals surface area contributed by atoms with E-state index in [2.05, 4.69) is 15.1 Å². The molecule has 0 spiro atoms. The topological polar surface area (TPSA) is 61.3 Å². The van der Waals surface area contributed by atoms with Crippen LogP contribution >= 0.6 is 12.4 Å². The molecule has 0 bridgehead atoms. The molecule has 0 saturated carbocycles. The Balaban J connectivity index is 0.00000112. The summed E-state index contributed by atoms with van der Waals surface area (Å²) in [7, 11) is 0. The molecule has 0 amide bonds. The fourth-order valence-electron chi connectivity index (χ4n) is 1.21. The van der Waals surface area contributed by atoms with E-state index in [-0.39, 0.29) is 12.4 Å². The molecule has 0 fully saturated rings. The van der Waals surface area contributed by atoms with Crippen molar-refractivity contribution in [2.75, 3.05) is 0 Å². The summed E-state index contributed by atoms with van der Waals surface area (Å²) in [6, 6.07) is 9.75. The highest BCUT2D eigenvalue weighted by Gasteiger charge is 2.00. The number of nitrogens with zero attached hydrogens (tertiary/aromatic N) is 2. The molecule has 78 valence electrons. The smallest absolute Gasteiger partial charge is 0.137 e. The number of oxime groups is 1. The Bertz CT molecular complexity index is 439. The predicted octanol–water partition coefficient (Wildman–Crippen LogP) is 2.31. The van der Waals surface area contributed by atoms with E-state index in [1.807, 2.05) is 30.3 Å². The van der Waals surface area contributed by atoms with Crippen LogP contribution in [0.2, 0.25) is 0 Å². The summed E-state index contributed by atoms with van der Waals surface area (Å²) in [4.78, 5) is 7.16. The van der Waals surface area contributed by atoms with Crippen molar-refractivity contribution in [3.05, 3.63) is 42.2 Å². The van der Waals surface area contributed by atoms with Crippen molar-refractivity contribution in [2.24, 2.45) is 5.16 Å². The number of hydrogen-bond donors (Lipinski definition) is 2. The molecule has 1 aromatic heterocycles. The summed E-state index contributed by atoms with van der Waals surface area (Å²) in [5.41, 5.74) is 1.68. The molecule has 2 N–H and O–H groups in total. The van der Waals surface area contributed by atoms with Crippen LogP contribution in [0.15, 0.2) is 41.7 Å². The molecule has 2 rings (SSSR count). The summed E-state index contributed by atoms with van der Waals surface area (Å²) in [5.74, 6) is 0.764. The molecule has 0 radical (unpaired) electrons. The minimum absolute atomic E-state index is 0. The first-order valence-electron chi connectivity index (χ1n) is 4.18. The lowest BCUT2D eigenvalue weighted by molar-refractivity contribution is 0.321. The summed E-state index contributed by atoms with van der Waals surface area (Å²) < 4.78 is 0. The third-order valence-corrected chi connectivity index (χ3v) is 1.84. The highest BCUT2D eigenvalue weighted by Crippen LogP contribution is 2.13. The Hall–Kier alpha value is -1.81. The Morgan fingerprint density at radius 1 is 1.27 bits per heavy atom. The van der Waals surface area contributed by atoms with Crippen molar-refractivity contribution in [2.45, 2.75) is 0 Å². The highest BCUT2D eigenvalue weighted by atomic mass is 35.5. The predicted molar refractivity (Wildman–Crippen MR) is 60.7 cm³/mol. The van der Waals surface area contributed by atoms with Gasteiger partial charge < -0.3 is 10.2 Å². The first-order chi connectivity index (χ1) is 6.90. The van der Waals surface area contributed by atoms with E-state index in [1.54, 1.807) is 6.20 Å². The molecular weight excluding hydrogens is 214 g/mol. The molecule has 0 aliphatic heterocycles. The Kier molecular flexibility index (Phi) is 3.88. The summed E-state index contributed by atoms with van der Waals surface area (Å²) in [6.07, 6.45) is 2.92. The van der Waals surface area contributed by atoms with E-state index in [4.69, 9.17) is 5.21 Å². The van der Waals surface area contributed by atoms with Gasteiger partial charge in [0, 0.05) is 5.56 Å². The van der Waals surface area contributed by atoms with Gasteiger partial charge in [0.2, 0.25) is 0 Å². The first kappa shape index (κ1) is 11.3. The number of aromatic nitrogens is 2. The number of rotatable bonds is 2. The Labute approximate surface area is 93.1 Å². The van der Waals surface area contributed by atoms with Crippen LogP contribution in [-0.4, -0.2) is 21.4 Å². The van der Waals surface area contributed by atoms with Crippen LogP contribution in [0.3, 0.4) is 0 Å². The molecule has 4 nitrogen and oxygen atoms in total. The van der Waals surface area contributed by atoms with Gasteiger partial charge in [-0.05, 0) is 0 Å². The normalized spacial score (nSPS) is 10.1. The second kappa shape index (κ2) is 5.17. The van der Waals surface area contributed by atoms with Gasteiger partial charge in [-0.1, -0.05) is 35.5 Å². The molecular formula is C10H10ClN3O. The van der Waals surface area contributed by atoms with E-state index in [9.17, 15) is 0 Å². The molecule has 0 unspecified atom stereocenters. The van der Waals surface area contributed by atoms with Crippen LogP contribution in [0.5, 0.6) is 0 Å². The molecule has 15 heavy (non-hydrogen) atoms. The molecule has 5 heteroatoms. The molecule has 0 aliphatic rings. The number of H-pyrrole nitrogens is 1. The zero-order valence-corrected chi connectivity index (χ0v) is 8.61. The van der Waals surface area contributed by atoms with Crippen LogP contribution < -0.4 is 0 Å². The maximum Gasteiger partial charge on any atom is 0.137 e. The van der Waals surface area contributed by atoms with Crippen LogP contribution in [0.1, 0.15) is 5.69 Å². The third kappa shape index (κ3) is 2.57. The average Bonchev–Trinajstić information content (AvgIpc) is 2.68. The lowest BCUT2D eigenvalue weighted by Crippen LogP contribution is -1.81. The summed E-state index contributed by atoms with van der Waals surface area (Å²) in [5, 5.41) is 11.2. The molecule has 1 aromatic carbocycles. The second-order valence-corrected chi connectivity index (χ2v) is 2.80. The van der Waals surface area contributed by atoms with Gasteiger partial charge in [-0.25, -0.2) is 4.98 Å². The molecule has 0 aliphatic carbocycles. The fourth-order valence-corrected chi connectivity index (χ4v) is 1.21. The number of nitrogens with one attached hydrogen (secondary N) is 1. The quantitative estimate of drug-likeness (QED) is 0.466. The van der Waals surface area contributed by atoms with Crippen LogP contribution in [0, 0.1) is 0 Å². The average molecular weight is 224 g/mol. The van der Waals surface area contributed by atoms with Gasteiger partial charge in [-0.15, -0.1) is 12.4 Å². The van der Waals surface area contributed by atoms with E-state index in [1.165, 1.54) is 6.21 Å². The third-order valence-electron chi connectivity index (χ3n) is 1.84. The standard InChI is InChI=1S/C10H9N3O.ClH/c14-12-7-9-6-11-10(13-9)8-4-2-1-3-5-8;/h1-7,14H,(H,11,13);1H. The van der Waals surface area contributed by atoms with E-state index < -0.39 is 0 Å². The van der Waals surface area contributed by atoms with Gasteiger partial charge in [-0.3, -0.25) is 0 Å². The minimum Gasteiger partial charge on any atom is -0.411 e. The number of hydrogen-bond acceptors (Lipinski definition) is 3. The minimum atomic E-state index is 0. The first-order valence-corrected chi connectivity index (χ1v) is 4.18. The van der Waals surface area contributed by atoms with Gasteiger partial charge in [0.25, 0.3) is 0 Å². The highest BCUT2D eigenvalue weighted by molar-refractivity contribution is 5.85. The number of benzene rings is 1. The summed E-state index contributed by atoms with van der Waals surface area (Å²) >= 11 is 0. The molecule has 2 aromatic rings. The summed E-state index contributed by atoms with van der Waals surface area (Å²) in [6.45, 7) is 0. The van der Waals surface area contributed by atoms with Crippen LogP contribution in [0.4, 0.5) is 0 Å². The number of imidazole rings is 1. The van der Waals surface area contributed by atoms with Crippen LogP contribution in [-0.2, 0) is 0 Å². The Morgan fingerprint density at radius 3 is 2.67 bits per heavy atom.